The zero-order chi connectivity index (χ0) is 17.6. The monoisotopic (exact) mass is 344 g/mol. The van der Waals surface area contributed by atoms with Crippen molar-refractivity contribution in [3.8, 4) is 11.5 Å². The van der Waals surface area contributed by atoms with Gasteiger partial charge in [-0.05, 0) is 36.9 Å². The fourth-order valence-corrected chi connectivity index (χ4v) is 2.67. The number of carbonyl (C=O) groups is 1. The number of carbonyl (C=O) groups excluding carboxylic acids is 1. The van der Waals surface area contributed by atoms with Crippen LogP contribution in [0.25, 0.3) is 0 Å². The van der Waals surface area contributed by atoms with E-state index < -0.39 is 0 Å². The predicted molar refractivity (Wildman–Crippen MR) is 92.1 cm³/mol. The summed E-state index contributed by atoms with van der Waals surface area (Å²) in [6.45, 7) is 1.67. The van der Waals surface area contributed by atoms with Gasteiger partial charge in [-0.25, -0.2) is 4.39 Å². The standard InChI is InChI=1S/C19H21FN2O3/c1-22(11-16-13-24-17-4-2-3-5-18(17)25-16)12-19(23)21-10-14-6-8-15(20)9-7-14/h2-9,16H,10-13H2,1H3,(H,21,23)/t16-/m1/s1. The lowest BCUT2D eigenvalue weighted by Crippen LogP contribution is -2.43. The van der Waals surface area contributed by atoms with E-state index in [0.717, 1.165) is 17.1 Å². The van der Waals surface area contributed by atoms with Crippen LogP contribution in [-0.4, -0.2) is 43.7 Å². The summed E-state index contributed by atoms with van der Waals surface area (Å²) in [5, 5.41) is 2.83. The Morgan fingerprint density at radius 2 is 1.92 bits per heavy atom. The lowest BCUT2D eigenvalue weighted by Gasteiger charge is -2.29. The van der Waals surface area contributed by atoms with E-state index in [1.807, 2.05) is 36.2 Å². The molecule has 0 saturated carbocycles. The number of hydrogen-bond acceptors (Lipinski definition) is 4. The maximum absolute atomic E-state index is 12.9. The van der Waals surface area contributed by atoms with Gasteiger partial charge in [-0.1, -0.05) is 24.3 Å². The maximum atomic E-state index is 12.9. The molecular weight excluding hydrogens is 323 g/mol. The summed E-state index contributed by atoms with van der Waals surface area (Å²) in [6.07, 6.45) is -0.121. The summed E-state index contributed by atoms with van der Waals surface area (Å²) >= 11 is 0. The lowest BCUT2D eigenvalue weighted by molar-refractivity contribution is -0.122. The van der Waals surface area contributed by atoms with E-state index in [1.54, 1.807) is 12.1 Å². The van der Waals surface area contributed by atoms with Crippen LogP contribution in [0.1, 0.15) is 5.56 Å². The van der Waals surface area contributed by atoms with E-state index in [-0.39, 0.29) is 24.4 Å². The first kappa shape index (κ1) is 17.2. The number of halogens is 1. The van der Waals surface area contributed by atoms with Crippen molar-refractivity contribution in [1.82, 2.24) is 10.2 Å². The quantitative estimate of drug-likeness (QED) is 0.873. The van der Waals surface area contributed by atoms with Crippen molar-refractivity contribution < 1.29 is 18.7 Å². The number of hydrogen-bond donors (Lipinski definition) is 1. The molecule has 0 fully saturated rings. The molecule has 5 nitrogen and oxygen atoms in total. The van der Waals surface area contributed by atoms with Crippen LogP contribution in [0.3, 0.4) is 0 Å². The maximum Gasteiger partial charge on any atom is 0.234 e. The number of fused-ring (bicyclic) bond motifs is 1. The van der Waals surface area contributed by atoms with Gasteiger partial charge in [0.1, 0.15) is 18.5 Å². The fourth-order valence-electron chi connectivity index (χ4n) is 2.67. The van der Waals surface area contributed by atoms with E-state index in [9.17, 15) is 9.18 Å². The van der Waals surface area contributed by atoms with Gasteiger partial charge in [0.05, 0.1) is 6.54 Å². The number of rotatable bonds is 6. The first-order valence-corrected chi connectivity index (χ1v) is 8.18. The van der Waals surface area contributed by atoms with Gasteiger partial charge in [-0.3, -0.25) is 9.69 Å². The molecule has 2 aromatic carbocycles. The molecule has 132 valence electrons. The van der Waals surface area contributed by atoms with Crippen molar-refractivity contribution in [2.45, 2.75) is 12.6 Å². The van der Waals surface area contributed by atoms with Crippen molar-refractivity contribution >= 4 is 5.91 Å². The van der Waals surface area contributed by atoms with Gasteiger partial charge >= 0.3 is 0 Å². The van der Waals surface area contributed by atoms with Gasteiger partial charge < -0.3 is 14.8 Å². The first-order valence-electron chi connectivity index (χ1n) is 8.18. The van der Waals surface area contributed by atoms with E-state index in [1.165, 1.54) is 12.1 Å². The van der Waals surface area contributed by atoms with E-state index in [0.29, 0.717) is 19.7 Å². The van der Waals surface area contributed by atoms with Crippen molar-refractivity contribution in [3.63, 3.8) is 0 Å². The van der Waals surface area contributed by atoms with Crippen LogP contribution in [0.15, 0.2) is 48.5 Å². The number of likely N-dealkylation sites (N-methyl/N-ethyl adjacent to an activating group) is 1. The number of para-hydroxylation sites is 2. The Kier molecular flexibility index (Phi) is 5.50. The third-order valence-corrected chi connectivity index (χ3v) is 3.90. The van der Waals surface area contributed by atoms with Crippen LogP contribution in [0.5, 0.6) is 11.5 Å². The lowest BCUT2D eigenvalue weighted by atomic mass is 10.2. The van der Waals surface area contributed by atoms with Gasteiger partial charge in [-0.15, -0.1) is 0 Å². The van der Waals surface area contributed by atoms with Crippen molar-refractivity contribution in [2.75, 3.05) is 26.7 Å². The normalized spacial score (nSPS) is 15.9. The number of nitrogens with one attached hydrogen (secondary N) is 1. The Balaban J connectivity index is 1.42. The van der Waals surface area contributed by atoms with Gasteiger partial charge in [0.15, 0.2) is 11.5 Å². The zero-order valence-electron chi connectivity index (χ0n) is 14.1. The highest BCUT2D eigenvalue weighted by molar-refractivity contribution is 5.77. The molecule has 0 unspecified atom stereocenters. The predicted octanol–water partition coefficient (Wildman–Crippen LogP) is 2.21. The topological polar surface area (TPSA) is 50.8 Å². The molecule has 0 spiro atoms. The molecule has 2 aromatic rings. The molecular formula is C19H21FN2O3. The highest BCUT2D eigenvalue weighted by atomic mass is 19.1. The third-order valence-electron chi connectivity index (χ3n) is 3.90. The first-order chi connectivity index (χ1) is 12.1. The van der Waals surface area contributed by atoms with E-state index in [2.05, 4.69) is 5.32 Å². The minimum atomic E-state index is -0.286. The molecule has 0 radical (unpaired) electrons. The molecule has 0 bridgehead atoms. The second kappa shape index (κ2) is 7.98. The minimum Gasteiger partial charge on any atom is -0.486 e. The third kappa shape index (κ3) is 4.93. The average molecular weight is 344 g/mol. The molecule has 1 atom stereocenters. The van der Waals surface area contributed by atoms with Gasteiger partial charge in [-0.2, -0.15) is 0 Å². The Morgan fingerprint density at radius 1 is 1.20 bits per heavy atom. The van der Waals surface area contributed by atoms with Gasteiger partial charge in [0.25, 0.3) is 0 Å². The van der Waals surface area contributed by atoms with Crippen LogP contribution in [0.2, 0.25) is 0 Å². The molecule has 1 aliphatic rings. The summed E-state index contributed by atoms with van der Waals surface area (Å²) in [7, 11) is 1.86. The second-order valence-corrected chi connectivity index (χ2v) is 6.10. The summed E-state index contributed by atoms with van der Waals surface area (Å²) in [5.41, 5.74) is 0.859. The van der Waals surface area contributed by atoms with Crippen LogP contribution >= 0.6 is 0 Å². The average Bonchev–Trinajstić information content (AvgIpc) is 2.61. The van der Waals surface area contributed by atoms with Gasteiger partial charge in [0.2, 0.25) is 5.91 Å². The van der Waals surface area contributed by atoms with Crippen molar-refractivity contribution in [2.24, 2.45) is 0 Å². The van der Waals surface area contributed by atoms with Crippen LogP contribution in [0.4, 0.5) is 4.39 Å². The van der Waals surface area contributed by atoms with Crippen LogP contribution < -0.4 is 14.8 Å². The van der Waals surface area contributed by atoms with Gasteiger partial charge in [0, 0.05) is 13.1 Å². The number of benzene rings is 2. The molecule has 1 amide bonds. The molecule has 1 aliphatic heterocycles. The largest absolute Gasteiger partial charge is 0.486 e. The summed E-state index contributed by atoms with van der Waals surface area (Å²) in [4.78, 5) is 13.9. The highest BCUT2D eigenvalue weighted by Crippen LogP contribution is 2.30. The Hall–Kier alpha value is -2.60. The number of ether oxygens (including phenoxy) is 2. The fraction of sp³-hybridized carbons (Fsp3) is 0.316. The van der Waals surface area contributed by atoms with Crippen molar-refractivity contribution in [1.29, 1.82) is 0 Å². The van der Waals surface area contributed by atoms with E-state index in [4.69, 9.17) is 9.47 Å². The summed E-state index contributed by atoms with van der Waals surface area (Å²) in [5.74, 6) is 1.10. The molecule has 1 N–H and O–H groups in total. The number of nitrogens with zero attached hydrogens (tertiary/aromatic N) is 1. The van der Waals surface area contributed by atoms with E-state index >= 15 is 0 Å². The summed E-state index contributed by atoms with van der Waals surface area (Å²) in [6, 6.07) is 13.6. The molecule has 1 heterocycles. The van der Waals surface area contributed by atoms with Crippen LogP contribution in [-0.2, 0) is 11.3 Å². The molecule has 25 heavy (non-hydrogen) atoms. The minimum absolute atomic E-state index is 0.0936. The highest BCUT2D eigenvalue weighted by Gasteiger charge is 2.22. The Bertz CT molecular complexity index is 721. The molecule has 3 rings (SSSR count). The van der Waals surface area contributed by atoms with Crippen molar-refractivity contribution in [3.05, 3.63) is 59.9 Å². The number of amides is 1. The van der Waals surface area contributed by atoms with Crippen LogP contribution in [0, 0.1) is 5.82 Å². The molecule has 6 heteroatoms. The molecule has 0 saturated heterocycles. The Labute approximate surface area is 146 Å². The second-order valence-electron chi connectivity index (χ2n) is 6.10. The summed E-state index contributed by atoms with van der Waals surface area (Å²) < 4.78 is 24.4. The molecule has 0 aliphatic carbocycles. The Morgan fingerprint density at radius 3 is 2.68 bits per heavy atom. The molecule has 0 aromatic heterocycles. The SMILES string of the molecule is CN(CC(=O)NCc1ccc(F)cc1)C[C@@H]1COc2ccccc2O1. The smallest absolute Gasteiger partial charge is 0.234 e. The zero-order valence-corrected chi connectivity index (χ0v) is 14.1.